The number of rotatable bonds is 1. The Balaban J connectivity index is 2.08. The fourth-order valence-electron chi connectivity index (χ4n) is 3.34. The summed E-state index contributed by atoms with van der Waals surface area (Å²) in [5.74, 6) is -1.35. The first-order valence-corrected chi connectivity index (χ1v) is 6.54. The molecule has 2 bridgehead atoms. The van der Waals surface area contributed by atoms with Gasteiger partial charge in [-0.3, -0.25) is 0 Å². The minimum Gasteiger partial charge on any atom is -0.385 e. The summed E-state index contributed by atoms with van der Waals surface area (Å²) in [6.45, 7) is 0. The van der Waals surface area contributed by atoms with E-state index in [0.717, 1.165) is 25.0 Å². The quantitative estimate of drug-likeness (QED) is 0.804. The lowest BCUT2D eigenvalue weighted by Crippen LogP contribution is -2.40. The fraction of sp³-hybridized carbons (Fsp3) is 0.571. The molecule has 0 aromatic heterocycles. The highest BCUT2D eigenvalue weighted by Gasteiger charge is 2.49. The van der Waals surface area contributed by atoms with Gasteiger partial charge in [-0.1, -0.05) is 12.1 Å². The highest BCUT2D eigenvalue weighted by molar-refractivity contribution is 5.36. The summed E-state index contributed by atoms with van der Waals surface area (Å²) in [7, 11) is 0. The lowest BCUT2D eigenvalue weighted by Gasteiger charge is -2.38. The molecule has 20 heavy (non-hydrogen) atoms. The average Bonchev–Trinajstić information content (AvgIpc) is 2.67. The number of benzene rings is 1. The van der Waals surface area contributed by atoms with E-state index in [-0.39, 0.29) is 30.6 Å². The number of hydrogen-bond acceptors (Lipinski definition) is 2. The van der Waals surface area contributed by atoms with Crippen LogP contribution in [0.4, 0.5) is 17.6 Å². The van der Waals surface area contributed by atoms with Gasteiger partial charge in [0.25, 0.3) is 0 Å². The molecule has 0 radical (unpaired) electrons. The molecule has 0 saturated carbocycles. The first-order valence-electron chi connectivity index (χ1n) is 6.54. The van der Waals surface area contributed by atoms with Crippen LogP contribution in [0.1, 0.15) is 36.8 Å². The molecule has 2 saturated heterocycles. The number of alkyl halides is 3. The number of halogens is 4. The van der Waals surface area contributed by atoms with Crippen LogP contribution >= 0.6 is 0 Å². The molecule has 2 nitrogen and oxygen atoms in total. The standard InChI is InChI=1S/C14H14F4O2/c15-11-3-1-2-10(12(11)14(16,17)18)13(19)6-8-4-5-9(7-13)20-8/h1-3,8-9,19H,4-7H2. The molecule has 1 aromatic carbocycles. The fourth-order valence-corrected chi connectivity index (χ4v) is 3.34. The van der Waals surface area contributed by atoms with Gasteiger partial charge >= 0.3 is 6.18 Å². The minimum atomic E-state index is -4.83. The molecule has 110 valence electrons. The van der Waals surface area contributed by atoms with E-state index in [0.29, 0.717) is 0 Å². The van der Waals surface area contributed by atoms with Crippen molar-refractivity contribution < 1.29 is 27.4 Å². The van der Waals surface area contributed by atoms with Crippen molar-refractivity contribution in [3.63, 3.8) is 0 Å². The Hall–Kier alpha value is -1.14. The van der Waals surface area contributed by atoms with Crippen molar-refractivity contribution in [1.82, 2.24) is 0 Å². The Kier molecular flexibility index (Phi) is 3.06. The smallest absolute Gasteiger partial charge is 0.385 e. The zero-order valence-corrected chi connectivity index (χ0v) is 10.6. The minimum absolute atomic E-state index is 0.0794. The van der Waals surface area contributed by atoms with Crippen LogP contribution in [0.3, 0.4) is 0 Å². The molecule has 1 aromatic rings. The predicted octanol–water partition coefficient (Wildman–Crippen LogP) is 3.37. The van der Waals surface area contributed by atoms with Crippen molar-refractivity contribution >= 4 is 0 Å². The van der Waals surface area contributed by atoms with Crippen LogP contribution in [0.2, 0.25) is 0 Å². The summed E-state index contributed by atoms with van der Waals surface area (Å²) in [5.41, 5.74) is -3.40. The topological polar surface area (TPSA) is 29.5 Å². The normalized spacial score (nSPS) is 33.5. The molecular formula is C14H14F4O2. The molecule has 2 unspecified atom stereocenters. The van der Waals surface area contributed by atoms with E-state index in [4.69, 9.17) is 4.74 Å². The molecule has 0 spiro atoms. The molecular weight excluding hydrogens is 276 g/mol. The van der Waals surface area contributed by atoms with E-state index >= 15 is 0 Å². The van der Waals surface area contributed by atoms with Gasteiger partial charge in [0.1, 0.15) is 5.82 Å². The third kappa shape index (κ3) is 2.20. The van der Waals surface area contributed by atoms with E-state index in [1.807, 2.05) is 0 Å². The van der Waals surface area contributed by atoms with Crippen LogP contribution < -0.4 is 0 Å². The average molecular weight is 290 g/mol. The van der Waals surface area contributed by atoms with Gasteiger partial charge in [0.15, 0.2) is 0 Å². The van der Waals surface area contributed by atoms with Gasteiger partial charge in [-0.15, -0.1) is 0 Å². The van der Waals surface area contributed by atoms with Crippen molar-refractivity contribution in [1.29, 1.82) is 0 Å². The van der Waals surface area contributed by atoms with Crippen LogP contribution in [0.25, 0.3) is 0 Å². The van der Waals surface area contributed by atoms with Crippen molar-refractivity contribution in [2.75, 3.05) is 0 Å². The summed E-state index contributed by atoms with van der Waals surface area (Å²) in [6.07, 6.45) is -3.71. The summed E-state index contributed by atoms with van der Waals surface area (Å²) in [6, 6.07) is 3.13. The van der Waals surface area contributed by atoms with Gasteiger partial charge in [-0.2, -0.15) is 13.2 Å². The first-order chi connectivity index (χ1) is 9.29. The number of ether oxygens (including phenoxy) is 1. The Morgan fingerprint density at radius 2 is 1.75 bits per heavy atom. The molecule has 0 amide bonds. The van der Waals surface area contributed by atoms with E-state index in [9.17, 15) is 22.7 Å². The third-order valence-electron chi connectivity index (χ3n) is 4.12. The molecule has 1 N–H and O–H groups in total. The summed E-state index contributed by atoms with van der Waals surface area (Å²) in [4.78, 5) is 0. The zero-order chi connectivity index (χ0) is 14.5. The second-order valence-electron chi connectivity index (χ2n) is 5.56. The Morgan fingerprint density at radius 3 is 2.30 bits per heavy atom. The Labute approximate surface area is 113 Å². The molecule has 6 heteroatoms. The second kappa shape index (κ2) is 4.43. The largest absolute Gasteiger partial charge is 0.419 e. The van der Waals surface area contributed by atoms with Crippen LogP contribution in [0.15, 0.2) is 18.2 Å². The first kappa shape index (κ1) is 13.8. The maximum atomic E-state index is 13.6. The Morgan fingerprint density at radius 1 is 1.15 bits per heavy atom. The van der Waals surface area contributed by atoms with Crippen LogP contribution in [-0.4, -0.2) is 17.3 Å². The summed E-state index contributed by atoms with van der Waals surface area (Å²) in [5, 5.41) is 10.6. The second-order valence-corrected chi connectivity index (χ2v) is 5.56. The molecule has 2 heterocycles. The molecule has 2 atom stereocenters. The van der Waals surface area contributed by atoms with Gasteiger partial charge in [0, 0.05) is 12.8 Å². The Bertz CT molecular complexity index is 514. The van der Waals surface area contributed by atoms with Crippen molar-refractivity contribution in [3.8, 4) is 0 Å². The van der Waals surface area contributed by atoms with Crippen LogP contribution in [0.5, 0.6) is 0 Å². The highest BCUT2D eigenvalue weighted by atomic mass is 19.4. The van der Waals surface area contributed by atoms with Gasteiger partial charge in [0.2, 0.25) is 0 Å². The number of hydrogen-bond donors (Lipinski definition) is 1. The van der Waals surface area contributed by atoms with Crippen molar-refractivity contribution in [2.24, 2.45) is 0 Å². The monoisotopic (exact) mass is 290 g/mol. The van der Waals surface area contributed by atoms with Crippen molar-refractivity contribution in [3.05, 3.63) is 35.1 Å². The molecule has 0 aliphatic carbocycles. The van der Waals surface area contributed by atoms with Crippen LogP contribution in [-0.2, 0) is 16.5 Å². The van der Waals surface area contributed by atoms with Gasteiger partial charge in [-0.05, 0) is 24.5 Å². The van der Waals surface area contributed by atoms with E-state index in [1.54, 1.807) is 0 Å². The van der Waals surface area contributed by atoms with E-state index in [2.05, 4.69) is 0 Å². The molecule has 2 aliphatic rings. The van der Waals surface area contributed by atoms with Gasteiger partial charge in [0.05, 0.1) is 23.4 Å². The molecule has 2 fully saturated rings. The lowest BCUT2D eigenvalue weighted by atomic mass is 9.81. The van der Waals surface area contributed by atoms with Crippen LogP contribution in [0, 0.1) is 5.82 Å². The predicted molar refractivity (Wildman–Crippen MR) is 62.4 cm³/mol. The van der Waals surface area contributed by atoms with Crippen molar-refractivity contribution in [2.45, 2.75) is 49.7 Å². The SMILES string of the molecule is OC1(c2cccc(F)c2C(F)(F)F)CC2CCC(C1)O2. The number of fused-ring (bicyclic) bond motifs is 2. The summed E-state index contributed by atoms with van der Waals surface area (Å²) >= 11 is 0. The maximum absolute atomic E-state index is 13.6. The summed E-state index contributed by atoms with van der Waals surface area (Å²) < 4.78 is 58.3. The van der Waals surface area contributed by atoms with Gasteiger partial charge in [-0.25, -0.2) is 4.39 Å². The third-order valence-corrected chi connectivity index (χ3v) is 4.12. The highest BCUT2D eigenvalue weighted by Crippen LogP contribution is 2.47. The van der Waals surface area contributed by atoms with Gasteiger partial charge < -0.3 is 9.84 Å². The lowest BCUT2D eigenvalue weighted by molar-refractivity contribution is -0.150. The molecule has 2 aliphatic heterocycles. The van der Waals surface area contributed by atoms with E-state index in [1.165, 1.54) is 6.07 Å². The number of aliphatic hydroxyl groups is 1. The zero-order valence-electron chi connectivity index (χ0n) is 10.6. The molecule has 3 rings (SSSR count). The van der Waals surface area contributed by atoms with E-state index < -0.39 is 23.2 Å². The maximum Gasteiger partial charge on any atom is 0.419 e.